The first-order chi connectivity index (χ1) is 5.63. The minimum Gasteiger partial charge on any atom is -0.395 e. The third-order valence-electron chi connectivity index (χ3n) is 1.42. The van der Waals surface area contributed by atoms with E-state index in [9.17, 15) is 4.79 Å². The molecule has 0 aromatic heterocycles. The number of hydrogen-bond donors (Lipinski definition) is 2. The Bertz CT molecular complexity index is 157. The van der Waals surface area contributed by atoms with Gasteiger partial charge in [0.1, 0.15) is 0 Å². The van der Waals surface area contributed by atoms with Crippen LogP contribution in [0, 0.1) is 0 Å². The molecule has 0 aliphatic carbocycles. The zero-order chi connectivity index (χ0) is 9.56. The number of hydrogen-bond acceptors (Lipinski definition) is 3. The SMILES string of the molecule is C=CCN(CCO)C(=O)[C@H](C)N. The molecule has 0 unspecified atom stereocenters. The van der Waals surface area contributed by atoms with Crippen LogP contribution in [0.25, 0.3) is 0 Å². The fourth-order valence-corrected chi connectivity index (χ4v) is 0.856. The lowest BCUT2D eigenvalue weighted by Crippen LogP contribution is -2.43. The van der Waals surface area contributed by atoms with Crippen LogP contribution in [0.1, 0.15) is 6.92 Å². The van der Waals surface area contributed by atoms with Crippen molar-refractivity contribution in [1.82, 2.24) is 4.90 Å². The fourth-order valence-electron chi connectivity index (χ4n) is 0.856. The molecule has 0 saturated heterocycles. The molecule has 0 bridgehead atoms. The van der Waals surface area contributed by atoms with Gasteiger partial charge in [0.2, 0.25) is 5.91 Å². The first-order valence-electron chi connectivity index (χ1n) is 3.89. The molecular formula is C8H16N2O2. The Labute approximate surface area is 72.7 Å². The Morgan fingerprint density at radius 1 is 1.83 bits per heavy atom. The van der Waals surface area contributed by atoms with E-state index in [2.05, 4.69) is 6.58 Å². The summed E-state index contributed by atoms with van der Waals surface area (Å²) in [6.45, 7) is 5.82. The van der Waals surface area contributed by atoms with E-state index in [-0.39, 0.29) is 12.5 Å². The lowest BCUT2D eigenvalue weighted by atomic mass is 10.3. The van der Waals surface area contributed by atoms with Crippen LogP contribution >= 0.6 is 0 Å². The summed E-state index contributed by atoms with van der Waals surface area (Å²) in [5.41, 5.74) is 5.39. The summed E-state index contributed by atoms with van der Waals surface area (Å²) in [6, 6.07) is -0.517. The average molecular weight is 172 g/mol. The molecule has 12 heavy (non-hydrogen) atoms. The van der Waals surface area contributed by atoms with Crippen molar-refractivity contribution in [3.05, 3.63) is 12.7 Å². The molecule has 3 N–H and O–H groups in total. The standard InChI is InChI=1S/C8H16N2O2/c1-3-4-10(5-6-11)8(12)7(2)9/h3,7,11H,1,4-6,9H2,2H3/t7-/m0/s1. The van der Waals surface area contributed by atoms with Crippen LogP contribution in [-0.4, -0.2) is 41.7 Å². The highest BCUT2D eigenvalue weighted by atomic mass is 16.3. The van der Waals surface area contributed by atoms with Crippen LogP contribution in [-0.2, 0) is 4.79 Å². The molecular weight excluding hydrogens is 156 g/mol. The molecule has 0 fully saturated rings. The predicted molar refractivity (Wildman–Crippen MR) is 47.5 cm³/mol. The van der Waals surface area contributed by atoms with Gasteiger partial charge in [0.15, 0.2) is 0 Å². The third kappa shape index (κ3) is 3.50. The molecule has 1 amide bonds. The van der Waals surface area contributed by atoms with Gasteiger partial charge in [0.25, 0.3) is 0 Å². The Morgan fingerprint density at radius 3 is 2.75 bits per heavy atom. The van der Waals surface area contributed by atoms with Crippen molar-refractivity contribution in [2.75, 3.05) is 19.7 Å². The smallest absolute Gasteiger partial charge is 0.239 e. The molecule has 0 radical (unpaired) electrons. The van der Waals surface area contributed by atoms with Crippen molar-refractivity contribution in [1.29, 1.82) is 0 Å². The number of aliphatic hydroxyl groups excluding tert-OH is 1. The predicted octanol–water partition coefficient (Wildman–Crippen LogP) is -0.659. The monoisotopic (exact) mass is 172 g/mol. The molecule has 70 valence electrons. The molecule has 4 nitrogen and oxygen atoms in total. The number of carbonyl (C=O) groups is 1. The summed E-state index contributed by atoms with van der Waals surface area (Å²) in [6.07, 6.45) is 1.61. The second kappa shape index (κ2) is 5.74. The van der Waals surface area contributed by atoms with Gasteiger partial charge in [-0.25, -0.2) is 0 Å². The number of amides is 1. The summed E-state index contributed by atoms with van der Waals surface area (Å²) in [7, 11) is 0. The van der Waals surface area contributed by atoms with E-state index in [4.69, 9.17) is 10.8 Å². The van der Waals surface area contributed by atoms with Crippen LogP contribution in [0.15, 0.2) is 12.7 Å². The van der Waals surface area contributed by atoms with E-state index in [0.717, 1.165) is 0 Å². The van der Waals surface area contributed by atoms with E-state index in [1.165, 1.54) is 4.90 Å². The Kier molecular flexibility index (Phi) is 5.32. The van der Waals surface area contributed by atoms with E-state index in [0.29, 0.717) is 13.1 Å². The van der Waals surface area contributed by atoms with Crippen molar-refractivity contribution < 1.29 is 9.90 Å². The number of nitrogens with zero attached hydrogens (tertiary/aromatic N) is 1. The average Bonchev–Trinajstić information content (AvgIpc) is 2.03. The molecule has 0 aliphatic rings. The molecule has 0 heterocycles. The largest absolute Gasteiger partial charge is 0.395 e. The molecule has 1 atom stereocenters. The maximum Gasteiger partial charge on any atom is 0.239 e. The van der Waals surface area contributed by atoms with Gasteiger partial charge in [-0.2, -0.15) is 0 Å². The maximum absolute atomic E-state index is 11.3. The van der Waals surface area contributed by atoms with Crippen molar-refractivity contribution in [3.8, 4) is 0 Å². The van der Waals surface area contributed by atoms with Crippen molar-refractivity contribution in [2.24, 2.45) is 5.73 Å². The summed E-state index contributed by atoms with van der Waals surface area (Å²) >= 11 is 0. The zero-order valence-electron chi connectivity index (χ0n) is 7.36. The second-order valence-electron chi connectivity index (χ2n) is 2.59. The molecule has 0 spiro atoms. The van der Waals surface area contributed by atoms with Crippen LogP contribution in [0.5, 0.6) is 0 Å². The second-order valence-corrected chi connectivity index (χ2v) is 2.59. The van der Waals surface area contributed by atoms with E-state index < -0.39 is 6.04 Å². The van der Waals surface area contributed by atoms with E-state index in [1.54, 1.807) is 13.0 Å². The van der Waals surface area contributed by atoms with Gasteiger partial charge in [-0.15, -0.1) is 6.58 Å². The lowest BCUT2D eigenvalue weighted by molar-refractivity contribution is -0.132. The van der Waals surface area contributed by atoms with Gasteiger partial charge >= 0.3 is 0 Å². The first kappa shape index (κ1) is 11.1. The molecule has 0 aliphatic heterocycles. The highest BCUT2D eigenvalue weighted by Crippen LogP contribution is 1.92. The van der Waals surface area contributed by atoms with Gasteiger partial charge in [-0.1, -0.05) is 6.08 Å². The van der Waals surface area contributed by atoms with E-state index in [1.807, 2.05) is 0 Å². The Morgan fingerprint density at radius 2 is 2.42 bits per heavy atom. The molecule has 0 aromatic carbocycles. The number of nitrogens with two attached hydrogens (primary N) is 1. The summed E-state index contributed by atoms with van der Waals surface area (Å²) in [4.78, 5) is 12.7. The Balaban J connectivity index is 4.08. The topological polar surface area (TPSA) is 66.6 Å². The normalized spacial score (nSPS) is 12.2. The zero-order valence-corrected chi connectivity index (χ0v) is 7.36. The number of rotatable bonds is 5. The minimum absolute atomic E-state index is 0.0493. The quantitative estimate of drug-likeness (QED) is 0.541. The van der Waals surface area contributed by atoms with Crippen molar-refractivity contribution in [2.45, 2.75) is 13.0 Å². The minimum atomic E-state index is -0.517. The van der Waals surface area contributed by atoms with Gasteiger partial charge in [-0.05, 0) is 6.92 Å². The van der Waals surface area contributed by atoms with Crippen LogP contribution in [0.3, 0.4) is 0 Å². The van der Waals surface area contributed by atoms with E-state index >= 15 is 0 Å². The molecule has 0 aromatic rings. The highest BCUT2D eigenvalue weighted by Gasteiger charge is 2.14. The van der Waals surface area contributed by atoms with Gasteiger partial charge < -0.3 is 15.7 Å². The third-order valence-corrected chi connectivity index (χ3v) is 1.42. The van der Waals surface area contributed by atoms with Crippen LogP contribution < -0.4 is 5.73 Å². The summed E-state index contributed by atoms with van der Waals surface area (Å²) in [5, 5.41) is 8.62. The summed E-state index contributed by atoms with van der Waals surface area (Å²) < 4.78 is 0. The molecule has 0 rings (SSSR count). The summed E-state index contributed by atoms with van der Waals surface area (Å²) in [5.74, 6) is -0.163. The lowest BCUT2D eigenvalue weighted by Gasteiger charge is -2.21. The highest BCUT2D eigenvalue weighted by molar-refractivity contribution is 5.81. The maximum atomic E-state index is 11.3. The van der Waals surface area contributed by atoms with Crippen LogP contribution in [0.4, 0.5) is 0 Å². The number of aliphatic hydroxyl groups is 1. The molecule has 0 saturated carbocycles. The van der Waals surface area contributed by atoms with Crippen LogP contribution in [0.2, 0.25) is 0 Å². The van der Waals surface area contributed by atoms with Gasteiger partial charge in [0, 0.05) is 13.1 Å². The van der Waals surface area contributed by atoms with Gasteiger partial charge in [-0.3, -0.25) is 4.79 Å². The molecule has 4 heteroatoms. The van der Waals surface area contributed by atoms with Crippen molar-refractivity contribution >= 4 is 5.91 Å². The van der Waals surface area contributed by atoms with Crippen molar-refractivity contribution in [3.63, 3.8) is 0 Å². The fraction of sp³-hybridized carbons (Fsp3) is 0.625. The first-order valence-corrected chi connectivity index (χ1v) is 3.89. The van der Waals surface area contributed by atoms with Gasteiger partial charge in [0.05, 0.1) is 12.6 Å². The number of carbonyl (C=O) groups excluding carboxylic acids is 1. The Hall–Kier alpha value is -0.870.